The molecule has 1 rings (SSSR count). The highest BCUT2D eigenvalue weighted by atomic mass is 32.2. The Balaban J connectivity index is 2.77. The van der Waals surface area contributed by atoms with Gasteiger partial charge in [0.15, 0.2) is 5.76 Å². The van der Waals surface area contributed by atoms with E-state index in [1.54, 1.807) is 6.92 Å². The molecule has 8 heteroatoms. The van der Waals surface area contributed by atoms with Crippen molar-refractivity contribution >= 4 is 15.9 Å². The number of hydrogen-bond acceptors (Lipinski definition) is 5. The van der Waals surface area contributed by atoms with Crippen molar-refractivity contribution in [3.8, 4) is 0 Å². The van der Waals surface area contributed by atoms with E-state index in [2.05, 4.69) is 10.0 Å². The molecule has 1 aromatic rings. The van der Waals surface area contributed by atoms with E-state index in [1.165, 1.54) is 26.3 Å². The van der Waals surface area contributed by atoms with Crippen LogP contribution in [0, 0.1) is 0 Å². The molecule has 2 N–H and O–H groups in total. The topological polar surface area (TPSA) is 97.6 Å². The first-order valence-corrected chi connectivity index (χ1v) is 6.72. The second kappa shape index (κ2) is 5.98. The van der Waals surface area contributed by atoms with E-state index in [-0.39, 0.29) is 16.9 Å². The maximum absolute atomic E-state index is 11.7. The number of amides is 1. The Kier molecular flexibility index (Phi) is 4.88. The molecule has 0 spiro atoms. The van der Waals surface area contributed by atoms with E-state index in [0.29, 0.717) is 6.61 Å². The largest absolute Gasteiger partial charge is 0.438 e. The summed E-state index contributed by atoms with van der Waals surface area (Å²) in [5, 5.41) is 2.31. The number of hydrogen-bond donors (Lipinski definition) is 2. The third-order valence-corrected chi connectivity index (χ3v) is 3.42. The summed E-state index contributed by atoms with van der Waals surface area (Å²) in [7, 11) is -0.888. The van der Waals surface area contributed by atoms with Crippen LogP contribution in [-0.4, -0.2) is 41.1 Å². The Labute approximate surface area is 106 Å². The van der Waals surface area contributed by atoms with Crippen molar-refractivity contribution in [3.05, 3.63) is 17.9 Å². The maximum atomic E-state index is 11.7. The second-order valence-corrected chi connectivity index (χ2v) is 5.47. The molecule has 0 saturated heterocycles. The first-order valence-electron chi connectivity index (χ1n) is 5.24. The van der Waals surface area contributed by atoms with E-state index in [4.69, 9.17) is 9.15 Å². The van der Waals surface area contributed by atoms with Crippen LogP contribution in [0.4, 0.5) is 0 Å². The Bertz CT molecular complexity index is 508. The van der Waals surface area contributed by atoms with E-state index in [1.807, 2.05) is 0 Å². The van der Waals surface area contributed by atoms with Gasteiger partial charge in [-0.15, -0.1) is 0 Å². The average Bonchev–Trinajstić information content (AvgIpc) is 2.79. The number of ether oxygens (including phenoxy) is 1. The number of carbonyl (C=O) groups is 1. The highest BCUT2D eigenvalue weighted by Gasteiger charge is 2.20. The summed E-state index contributed by atoms with van der Waals surface area (Å²) in [5.41, 5.74) is 0. The molecule has 0 unspecified atom stereocenters. The molecule has 0 radical (unpaired) electrons. The Hall–Kier alpha value is -1.38. The van der Waals surface area contributed by atoms with Crippen molar-refractivity contribution in [1.29, 1.82) is 0 Å². The molecule has 1 atom stereocenters. The molecule has 1 aromatic heterocycles. The van der Waals surface area contributed by atoms with Gasteiger partial charge < -0.3 is 14.5 Å². The normalized spacial score (nSPS) is 13.3. The Morgan fingerprint density at radius 2 is 2.17 bits per heavy atom. The van der Waals surface area contributed by atoms with E-state index >= 15 is 0 Å². The molecule has 1 heterocycles. The SMILES string of the molecule is CNS(=O)(=O)c1ccc(C(=O)N[C@@H](C)COC)o1. The smallest absolute Gasteiger partial charge is 0.287 e. The van der Waals surface area contributed by atoms with Crippen molar-refractivity contribution < 1.29 is 22.4 Å². The molecule has 0 fully saturated rings. The molecule has 0 aliphatic rings. The predicted molar refractivity (Wildman–Crippen MR) is 63.8 cm³/mol. The molecular formula is C10H16N2O5S. The number of furan rings is 1. The summed E-state index contributed by atoms with van der Waals surface area (Å²) in [6.45, 7) is 2.11. The molecule has 0 aliphatic carbocycles. The fourth-order valence-electron chi connectivity index (χ4n) is 1.27. The summed E-state index contributed by atoms with van der Waals surface area (Å²) in [6.07, 6.45) is 0. The van der Waals surface area contributed by atoms with Crippen molar-refractivity contribution in [3.63, 3.8) is 0 Å². The fourth-order valence-corrected chi connectivity index (χ4v) is 1.92. The van der Waals surface area contributed by atoms with Gasteiger partial charge in [0.05, 0.1) is 6.61 Å². The quantitative estimate of drug-likeness (QED) is 0.759. The van der Waals surface area contributed by atoms with Gasteiger partial charge in [-0.05, 0) is 26.1 Å². The first-order chi connectivity index (χ1) is 8.40. The van der Waals surface area contributed by atoms with Gasteiger partial charge >= 0.3 is 0 Å². The van der Waals surface area contributed by atoms with Crippen LogP contribution in [0.1, 0.15) is 17.5 Å². The van der Waals surface area contributed by atoms with Gasteiger partial charge in [-0.25, -0.2) is 13.1 Å². The molecule has 0 saturated carbocycles. The predicted octanol–water partition coefficient (Wildman–Crippen LogP) is -0.0476. The Morgan fingerprint density at radius 3 is 2.72 bits per heavy atom. The van der Waals surface area contributed by atoms with Gasteiger partial charge in [0.25, 0.3) is 15.9 Å². The molecule has 102 valence electrons. The van der Waals surface area contributed by atoms with Gasteiger partial charge in [-0.1, -0.05) is 0 Å². The molecule has 0 bridgehead atoms. The summed E-state index contributed by atoms with van der Waals surface area (Å²) < 4.78 is 34.8. The van der Waals surface area contributed by atoms with Gasteiger partial charge in [-0.3, -0.25) is 4.79 Å². The summed E-state index contributed by atoms with van der Waals surface area (Å²) in [5.74, 6) is -0.552. The summed E-state index contributed by atoms with van der Waals surface area (Å²) in [4.78, 5) is 11.7. The third kappa shape index (κ3) is 3.56. The van der Waals surface area contributed by atoms with Crippen molar-refractivity contribution in [1.82, 2.24) is 10.0 Å². The highest BCUT2D eigenvalue weighted by molar-refractivity contribution is 7.89. The summed E-state index contributed by atoms with van der Waals surface area (Å²) >= 11 is 0. The van der Waals surface area contributed by atoms with Crippen LogP contribution in [0.15, 0.2) is 21.6 Å². The minimum absolute atomic E-state index is 0.0632. The number of nitrogens with one attached hydrogen (secondary N) is 2. The highest BCUT2D eigenvalue weighted by Crippen LogP contribution is 2.13. The molecule has 18 heavy (non-hydrogen) atoms. The van der Waals surface area contributed by atoms with Gasteiger partial charge in [0, 0.05) is 13.2 Å². The molecule has 0 aliphatic heterocycles. The van der Waals surface area contributed by atoms with Crippen molar-refractivity contribution in [2.45, 2.75) is 18.1 Å². The van der Waals surface area contributed by atoms with Gasteiger partial charge in [-0.2, -0.15) is 0 Å². The standard InChI is InChI=1S/C10H16N2O5S/c1-7(6-16-3)12-10(13)8-4-5-9(17-8)18(14,15)11-2/h4-5,7,11H,6H2,1-3H3,(H,12,13)/t7-/m0/s1. The zero-order valence-electron chi connectivity index (χ0n) is 10.4. The van der Waals surface area contributed by atoms with Crippen LogP contribution in [0.3, 0.4) is 0 Å². The minimum atomic E-state index is -3.67. The minimum Gasteiger partial charge on any atom is -0.438 e. The van der Waals surface area contributed by atoms with Gasteiger partial charge in [0.1, 0.15) is 0 Å². The first kappa shape index (κ1) is 14.7. The van der Waals surface area contributed by atoms with E-state index in [0.717, 1.165) is 0 Å². The third-order valence-electron chi connectivity index (χ3n) is 2.13. The zero-order valence-corrected chi connectivity index (χ0v) is 11.2. The molecule has 1 amide bonds. The monoisotopic (exact) mass is 276 g/mol. The lowest BCUT2D eigenvalue weighted by atomic mass is 10.3. The lowest BCUT2D eigenvalue weighted by Crippen LogP contribution is -2.35. The van der Waals surface area contributed by atoms with E-state index < -0.39 is 15.9 Å². The molecular weight excluding hydrogens is 260 g/mol. The number of sulfonamides is 1. The summed E-state index contributed by atoms with van der Waals surface area (Å²) in [6, 6.07) is 2.33. The number of rotatable bonds is 6. The van der Waals surface area contributed by atoms with Crippen LogP contribution in [0.5, 0.6) is 0 Å². The Morgan fingerprint density at radius 1 is 1.50 bits per heavy atom. The average molecular weight is 276 g/mol. The zero-order chi connectivity index (χ0) is 13.8. The maximum Gasteiger partial charge on any atom is 0.287 e. The molecule has 7 nitrogen and oxygen atoms in total. The fraction of sp³-hybridized carbons (Fsp3) is 0.500. The van der Waals surface area contributed by atoms with Crippen LogP contribution < -0.4 is 10.0 Å². The lowest BCUT2D eigenvalue weighted by Gasteiger charge is -2.10. The van der Waals surface area contributed by atoms with E-state index in [9.17, 15) is 13.2 Å². The van der Waals surface area contributed by atoms with Crippen LogP contribution in [0.2, 0.25) is 0 Å². The van der Waals surface area contributed by atoms with Crippen molar-refractivity contribution in [2.75, 3.05) is 20.8 Å². The van der Waals surface area contributed by atoms with Crippen LogP contribution >= 0.6 is 0 Å². The number of carbonyl (C=O) groups excluding carboxylic acids is 1. The van der Waals surface area contributed by atoms with Crippen LogP contribution in [0.25, 0.3) is 0 Å². The van der Waals surface area contributed by atoms with Gasteiger partial charge in [0.2, 0.25) is 5.09 Å². The number of methoxy groups -OCH3 is 1. The van der Waals surface area contributed by atoms with Crippen molar-refractivity contribution in [2.24, 2.45) is 0 Å². The lowest BCUT2D eigenvalue weighted by molar-refractivity contribution is 0.0872. The second-order valence-electron chi connectivity index (χ2n) is 3.66. The van der Waals surface area contributed by atoms with Crippen LogP contribution in [-0.2, 0) is 14.8 Å². The molecule has 0 aromatic carbocycles.